The van der Waals surface area contributed by atoms with Gasteiger partial charge in [0.1, 0.15) is 11.6 Å². The quantitative estimate of drug-likeness (QED) is 0.854. The van der Waals surface area contributed by atoms with Gasteiger partial charge in [0.25, 0.3) is 0 Å². The summed E-state index contributed by atoms with van der Waals surface area (Å²) in [5.41, 5.74) is 0.292. The lowest BCUT2D eigenvalue weighted by atomic mass is 10.1. The van der Waals surface area contributed by atoms with Crippen LogP contribution in [0.15, 0.2) is 36.5 Å². The van der Waals surface area contributed by atoms with Crippen LogP contribution in [0, 0.1) is 5.82 Å². The molecule has 0 aliphatic rings. The maximum absolute atomic E-state index is 13.4. The van der Waals surface area contributed by atoms with Gasteiger partial charge in [-0.05, 0) is 13.0 Å². The van der Waals surface area contributed by atoms with Crippen molar-refractivity contribution in [3.8, 4) is 0 Å². The van der Waals surface area contributed by atoms with Crippen molar-refractivity contribution in [2.45, 2.75) is 19.6 Å². The number of hydrogen-bond acceptors (Lipinski definition) is 3. The molecule has 2 rings (SSSR count). The van der Waals surface area contributed by atoms with Crippen LogP contribution in [0.25, 0.3) is 0 Å². The first-order valence-corrected chi connectivity index (χ1v) is 5.90. The lowest BCUT2D eigenvalue weighted by molar-refractivity contribution is 0.186. The Morgan fingerprint density at radius 3 is 2.83 bits per heavy atom. The molecule has 1 heterocycles. The van der Waals surface area contributed by atoms with Crippen LogP contribution in [0.2, 0.25) is 0 Å². The zero-order valence-corrected chi connectivity index (χ0v) is 10.2. The molecule has 1 aromatic carbocycles. The fourth-order valence-electron chi connectivity index (χ4n) is 1.69. The highest BCUT2D eigenvalue weighted by Gasteiger charge is 2.12. The van der Waals surface area contributed by atoms with Gasteiger partial charge >= 0.3 is 0 Å². The molecular formula is C13H16FN3O. The maximum Gasteiger partial charge on any atom is 0.148 e. The molecule has 4 nitrogen and oxygen atoms in total. The number of aromatic nitrogens is 2. The molecule has 2 aromatic rings. The van der Waals surface area contributed by atoms with Crippen LogP contribution in [0.1, 0.15) is 18.6 Å². The average molecular weight is 249 g/mol. The Bertz CT molecular complexity index is 512. The van der Waals surface area contributed by atoms with Crippen molar-refractivity contribution in [1.29, 1.82) is 0 Å². The third-order valence-corrected chi connectivity index (χ3v) is 2.71. The van der Waals surface area contributed by atoms with Gasteiger partial charge in [0.05, 0.1) is 6.10 Å². The Labute approximate surface area is 105 Å². The van der Waals surface area contributed by atoms with E-state index in [2.05, 4.69) is 10.4 Å². The molecule has 0 amide bonds. The first-order chi connectivity index (χ1) is 8.70. The van der Waals surface area contributed by atoms with E-state index >= 15 is 0 Å². The minimum Gasteiger partial charge on any atom is -0.386 e. The van der Waals surface area contributed by atoms with E-state index in [0.717, 1.165) is 6.54 Å². The van der Waals surface area contributed by atoms with Gasteiger partial charge in [0.2, 0.25) is 0 Å². The van der Waals surface area contributed by atoms with Crippen molar-refractivity contribution in [3.63, 3.8) is 0 Å². The highest BCUT2D eigenvalue weighted by Crippen LogP contribution is 2.17. The number of nitrogens with one attached hydrogen (secondary N) is 1. The summed E-state index contributed by atoms with van der Waals surface area (Å²) < 4.78 is 15.2. The molecule has 0 radical (unpaired) electrons. The highest BCUT2D eigenvalue weighted by molar-refractivity contribution is 5.33. The van der Waals surface area contributed by atoms with E-state index in [9.17, 15) is 9.50 Å². The van der Waals surface area contributed by atoms with Crippen molar-refractivity contribution >= 4 is 5.82 Å². The topological polar surface area (TPSA) is 50.1 Å². The summed E-state index contributed by atoms with van der Waals surface area (Å²) in [6, 6.07) is 8.03. The molecule has 0 bridgehead atoms. The molecule has 18 heavy (non-hydrogen) atoms. The zero-order valence-electron chi connectivity index (χ0n) is 10.2. The molecule has 2 N–H and O–H groups in total. The number of anilines is 1. The smallest absolute Gasteiger partial charge is 0.148 e. The van der Waals surface area contributed by atoms with Gasteiger partial charge < -0.3 is 10.4 Å². The second-order valence-electron chi connectivity index (χ2n) is 3.97. The summed E-state index contributed by atoms with van der Waals surface area (Å²) in [7, 11) is 0. The van der Waals surface area contributed by atoms with Crippen LogP contribution in [-0.4, -0.2) is 21.4 Å². The van der Waals surface area contributed by atoms with Crippen LogP contribution in [0.4, 0.5) is 10.2 Å². The van der Waals surface area contributed by atoms with E-state index in [1.807, 2.05) is 19.2 Å². The minimum atomic E-state index is -0.891. The molecule has 0 fully saturated rings. The third-order valence-electron chi connectivity index (χ3n) is 2.71. The number of rotatable bonds is 5. The summed E-state index contributed by atoms with van der Waals surface area (Å²) in [5, 5.41) is 17.1. The second-order valence-corrected chi connectivity index (χ2v) is 3.97. The summed E-state index contributed by atoms with van der Waals surface area (Å²) >= 11 is 0. The molecule has 1 aromatic heterocycles. The minimum absolute atomic E-state index is 0.224. The van der Waals surface area contributed by atoms with Gasteiger partial charge in [-0.3, -0.25) is 4.68 Å². The number of halogens is 1. The van der Waals surface area contributed by atoms with Crippen molar-refractivity contribution in [3.05, 3.63) is 47.9 Å². The van der Waals surface area contributed by atoms with Crippen LogP contribution in [0.5, 0.6) is 0 Å². The number of nitrogens with zero attached hydrogens (tertiary/aromatic N) is 2. The molecule has 5 heteroatoms. The molecule has 0 aliphatic carbocycles. The van der Waals surface area contributed by atoms with Crippen molar-refractivity contribution in [2.24, 2.45) is 0 Å². The average Bonchev–Trinajstić information content (AvgIpc) is 2.84. The SMILES string of the molecule is CCn1ccc(NCC(O)c2ccccc2F)n1. The number of aliphatic hydroxyl groups is 1. The van der Waals surface area contributed by atoms with Crippen LogP contribution < -0.4 is 5.32 Å². The summed E-state index contributed by atoms with van der Waals surface area (Å²) in [6.45, 7) is 3.00. The molecule has 0 saturated heterocycles. The number of aliphatic hydroxyl groups excluding tert-OH is 1. The van der Waals surface area contributed by atoms with Gasteiger partial charge in [-0.15, -0.1) is 0 Å². The van der Waals surface area contributed by atoms with E-state index in [4.69, 9.17) is 0 Å². The van der Waals surface area contributed by atoms with Crippen molar-refractivity contribution in [2.75, 3.05) is 11.9 Å². The number of hydrogen-bond donors (Lipinski definition) is 2. The monoisotopic (exact) mass is 249 g/mol. The van der Waals surface area contributed by atoms with Crippen molar-refractivity contribution in [1.82, 2.24) is 9.78 Å². The van der Waals surface area contributed by atoms with E-state index in [1.54, 1.807) is 22.9 Å². The Balaban J connectivity index is 1.96. The zero-order chi connectivity index (χ0) is 13.0. The Morgan fingerprint density at radius 2 is 2.17 bits per heavy atom. The largest absolute Gasteiger partial charge is 0.386 e. The predicted molar refractivity (Wildman–Crippen MR) is 67.8 cm³/mol. The maximum atomic E-state index is 13.4. The highest BCUT2D eigenvalue weighted by atomic mass is 19.1. The van der Waals surface area contributed by atoms with Crippen LogP contribution in [0.3, 0.4) is 0 Å². The summed E-state index contributed by atoms with van der Waals surface area (Å²) in [6.07, 6.45) is 0.954. The fraction of sp³-hybridized carbons (Fsp3) is 0.308. The number of benzene rings is 1. The van der Waals surface area contributed by atoms with E-state index < -0.39 is 11.9 Å². The number of aryl methyl sites for hydroxylation is 1. The third kappa shape index (κ3) is 2.87. The first-order valence-electron chi connectivity index (χ1n) is 5.90. The first kappa shape index (κ1) is 12.6. The molecular weight excluding hydrogens is 233 g/mol. The van der Waals surface area contributed by atoms with Gasteiger partial charge in [-0.25, -0.2) is 4.39 Å². The summed E-state index contributed by atoms with van der Waals surface area (Å²) in [4.78, 5) is 0. The molecule has 0 spiro atoms. The van der Waals surface area contributed by atoms with Gasteiger partial charge in [0.15, 0.2) is 0 Å². The van der Waals surface area contributed by atoms with Crippen molar-refractivity contribution < 1.29 is 9.50 Å². The molecule has 1 atom stereocenters. The summed E-state index contributed by atoms with van der Waals surface area (Å²) in [5.74, 6) is 0.276. The molecule has 0 aliphatic heterocycles. The van der Waals surface area contributed by atoms with Crippen LogP contribution >= 0.6 is 0 Å². The van der Waals surface area contributed by atoms with Gasteiger partial charge in [-0.2, -0.15) is 5.10 Å². The Morgan fingerprint density at radius 1 is 1.39 bits per heavy atom. The Kier molecular flexibility index (Phi) is 3.94. The molecule has 0 saturated carbocycles. The molecule has 96 valence electrons. The van der Waals surface area contributed by atoms with E-state index in [1.165, 1.54) is 6.07 Å². The normalized spacial score (nSPS) is 12.4. The lowest BCUT2D eigenvalue weighted by Crippen LogP contribution is -2.14. The standard InChI is InChI=1S/C13H16FN3O/c1-2-17-8-7-13(16-17)15-9-12(18)10-5-3-4-6-11(10)14/h3-8,12,18H,2,9H2,1H3,(H,15,16). The van der Waals surface area contributed by atoms with Gasteiger partial charge in [0, 0.05) is 30.9 Å². The van der Waals surface area contributed by atoms with E-state index in [-0.39, 0.29) is 6.54 Å². The second kappa shape index (κ2) is 5.64. The lowest BCUT2D eigenvalue weighted by Gasteiger charge is -2.12. The van der Waals surface area contributed by atoms with Gasteiger partial charge in [-0.1, -0.05) is 18.2 Å². The fourth-order valence-corrected chi connectivity index (χ4v) is 1.69. The van der Waals surface area contributed by atoms with E-state index in [0.29, 0.717) is 11.4 Å². The predicted octanol–water partition coefficient (Wildman–Crippen LogP) is 2.19. The molecule has 1 unspecified atom stereocenters. The Hall–Kier alpha value is -1.88. The van der Waals surface area contributed by atoms with Crippen LogP contribution in [-0.2, 0) is 6.54 Å².